The lowest BCUT2D eigenvalue weighted by Crippen LogP contribution is -2.28. The van der Waals surface area contributed by atoms with Crippen LogP contribution in [0.15, 0.2) is 50.1 Å². The van der Waals surface area contributed by atoms with E-state index in [1.54, 1.807) is 25.1 Å². The van der Waals surface area contributed by atoms with Gasteiger partial charge in [-0.15, -0.1) is 11.8 Å². The van der Waals surface area contributed by atoms with Crippen LogP contribution in [0.25, 0.3) is 11.0 Å². The van der Waals surface area contributed by atoms with Gasteiger partial charge in [0.15, 0.2) is 0 Å². The summed E-state index contributed by atoms with van der Waals surface area (Å²) in [4.78, 5) is 37.6. The van der Waals surface area contributed by atoms with E-state index >= 15 is 0 Å². The zero-order chi connectivity index (χ0) is 19.7. The van der Waals surface area contributed by atoms with Gasteiger partial charge in [-0.3, -0.25) is 4.79 Å². The first kappa shape index (κ1) is 18.8. The Morgan fingerprint density at radius 1 is 1.25 bits per heavy atom. The summed E-state index contributed by atoms with van der Waals surface area (Å²) in [6, 6.07) is 8.55. The number of rotatable bonds is 4. The van der Waals surface area contributed by atoms with Crippen molar-refractivity contribution < 1.29 is 18.7 Å². The molecule has 1 aromatic carbocycles. The standard InChI is InChI=1S/C21H21NO5S/c1-2-26-21(25)17-13-8-4-6-10-16(13)28-19(17)22-18(23)14-11-12-7-3-5-9-15(12)27-20(14)24/h3,5,7,9,11,13,16H,2,4,6,8,10H2,1H3,(H,22,23)/t13-,16+/m1/s1. The van der Waals surface area contributed by atoms with Crippen LogP contribution in [0.2, 0.25) is 0 Å². The SMILES string of the molecule is CCOC(=O)C1=C(NC(=O)c2cc3ccccc3oc2=O)S[C@H]2CCCC[C@@H]12. The Morgan fingerprint density at radius 3 is 2.86 bits per heavy atom. The third-order valence-corrected chi connectivity index (χ3v) is 6.62. The largest absolute Gasteiger partial charge is 0.463 e. The molecule has 146 valence electrons. The Kier molecular flexibility index (Phi) is 5.26. The van der Waals surface area contributed by atoms with Crippen molar-refractivity contribution in [3.63, 3.8) is 0 Å². The minimum absolute atomic E-state index is 0.0788. The lowest BCUT2D eigenvalue weighted by Gasteiger charge is -2.25. The predicted molar refractivity (Wildman–Crippen MR) is 107 cm³/mol. The van der Waals surface area contributed by atoms with Gasteiger partial charge in [0.2, 0.25) is 0 Å². The second-order valence-corrected chi connectivity index (χ2v) is 8.20. The predicted octanol–water partition coefficient (Wildman–Crippen LogP) is 3.60. The first-order valence-electron chi connectivity index (χ1n) is 9.50. The molecule has 0 spiro atoms. The Hall–Kier alpha value is -2.54. The highest BCUT2D eigenvalue weighted by atomic mass is 32.2. The highest BCUT2D eigenvalue weighted by Gasteiger charge is 2.41. The van der Waals surface area contributed by atoms with Crippen LogP contribution < -0.4 is 10.9 Å². The van der Waals surface area contributed by atoms with Gasteiger partial charge < -0.3 is 14.5 Å². The summed E-state index contributed by atoms with van der Waals surface area (Å²) in [5.74, 6) is -0.867. The maximum Gasteiger partial charge on any atom is 0.349 e. The van der Waals surface area contributed by atoms with Gasteiger partial charge in [0.25, 0.3) is 5.91 Å². The fraction of sp³-hybridized carbons (Fsp3) is 0.381. The van der Waals surface area contributed by atoms with Gasteiger partial charge in [-0.25, -0.2) is 9.59 Å². The Bertz CT molecular complexity index is 1020. The number of thioether (sulfide) groups is 1. The van der Waals surface area contributed by atoms with E-state index in [1.807, 2.05) is 6.07 Å². The molecule has 2 heterocycles. The van der Waals surface area contributed by atoms with Crippen LogP contribution in [-0.4, -0.2) is 23.7 Å². The third-order valence-electron chi connectivity index (χ3n) is 5.20. The summed E-state index contributed by atoms with van der Waals surface area (Å²) in [5.41, 5.74) is 0.187. The smallest absolute Gasteiger partial charge is 0.349 e. The lowest BCUT2D eigenvalue weighted by atomic mass is 9.84. The van der Waals surface area contributed by atoms with E-state index < -0.39 is 11.5 Å². The molecule has 4 rings (SSSR count). The molecule has 1 saturated carbocycles. The average molecular weight is 399 g/mol. The van der Waals surface area contributed by atoms with E-state index in [1.165, 1.54) is 17.8 Å². The number of esters is 1. The van der Waals surface area contributed by atoms with Crippen LogP contribution in [0.3, 0.4) is 0 Å². The minimum Gasteiger partial charge on any atom is -0.463 e. The van der Waals surface area contributed by atoms with Gasteiger partial charge in [0.05, 0.1) is 17.2 Å². The Balaban J connectivity index is 1.66. The topological polar surface area (TPSA) is 85.6 Å². The van der Waals surface area contributed by atoms with Gasteiger partial charge in [-0.05, 0) is 31.9 Å². The number of hydrogen-bond acceptors (Lipinski definition) is 6. The molecule has 0 saturated heterocycles. The van der Waals surface area contributed by atoms with Gasteiger partial charge >= 0.3 is 11.6 Å². The zero-order valence-corrected chi connectivity index (χ0v) is 16.3. The van der Waals surface area contributed by atoms with Crippen molar-refractivity contribution in [3.05, 3.63) is 56.9 Å². The minimum atomic E-state index is -0.699. The van der Waals surface area contributed by atoms with Crippen molar-refractivity contribution in [1.29, 1.82) is 0 Å². The molecule has 2 aromatic rings. The molecule has 1 N–H and O–H groups in total. The van der Waals surface area contributed by atoms with Crippen molar-refractivity contribution >= 4 is 34.6 Å². The molecular weight excluding hydrogens is 378 g/mol. The van der Waals surface area contributed by atoms with Crippen LogP contribution in [0.5, 0.6) is 0 Å². The lowest BCUT2D eigenvalue weighted by molar-refractivity contribution is -0.139. The number of ether oxygens (including phenoxy) is 1. The highest BCUT2D eigenvalue weighted by Crippen LogP contribution is 2.48. The number of hydrogen-bond donors (Lipinski definition) is 1. The van der Waals surface area contributed by atoms with Crippen LogP contribution in [0.4, 0.5) is 0 Å². The summed E-state index contributed by atoms with van der Waals surface area (Å²) in [6.45, 7) is 2.04. The zero-order valence-electron chi connectivity index (χ0n) is 15.5. The summed E-state index contributed by atoms with van der Waals surface area (Å²) < 4.78 is 10.5. The molecule has 1 aromatic heterocycles. The van der Waals surface area contributed by atoms with Crippen molar-refractivity contribution in [1.82, 2.24) is 5.32 Å². The Morgan fingerprint density at radius 2 is 2.04 bits per heavy atom. The maximum absolute atomic E-state index is 12.8. The number of benzene rings is 1. The van der Waals surface area contributed by atoms with E-state index in [2.05, 4.69) is 5.32 Å². The molecule has 2 aliphatic rings. The summed E-state index contributed by atoms with van der Waals surface area (Å²) in [5, 5.41) is 4.22. The quantitative estimate of drug-likeness (QED) is 0.624. The molecule has 7 heteroatoms. The number of amides is 1. The van der Waals surface area contributed by atoms with E-state index in [0.717, 1.165) is 25.7 Å². The molecular formula is C21H21NO5S. The molecule has 0 bridgehead atoms. The maximum atomic E-state index is 12.8. The molecule has 1 aliphatic heterocycles. The first-order valence-corrected chi connectivity index (χ1v) is 10.4. The molecule has 0 unspecified atom stereocenters. The van der Waals surface area contributed by atoms with E-state index in [9.17, 15) is 14.4 Å². The first-order chi connectivity index (χ1) is 13.6. The van der Waals surface area contributed by atoms with Gasteiger partial charge in [-0.1, -0.05) is 31.0 Å². The number of para-hydroxylation sites is 1. The Labute approximate surface area is 166 Å². The van der Waals surface area contributed by atoms with E-state index in [-0.39, 0.29) is 29.3 Å². The van der Waals surface area contributed by atoms with Crippen molar-refractivity contribution in [2.45, 2.75) is 37.9 Å². The number of nitrogens with one attached hydrogen (secondary N) is 1. The summed E-state index contributed by atoms with van der Waals surface area (Å²) >= 11 is 1.50. The highest BCUT2D eigenvalue weighted by molar-refractivity contribution is 8.04. The summed E-state index contributed by atoms with van der Waals surface area (Å²) in [6.07, 6.45) is 4.07. The summed E-state index contributed by atoms with van der Waals surface area (Å²) in [7, 11) is 0. The second-order valence-electron chi connectivity index (χ2n) is 6.95. The van der Waals surface area contributed by atoms with Crippen LogP contribution >= 0.6 is 11.8 Å². The van der Waals surface area contributed by atoms with Crippen molar-refractivity contribution in [3.8, 4) is 0 Å². The number of fused-ring (bicyclic) bond motifs is 2. The number of carbonyl (C=O) groups is 2. The molecule has 1 fully saturated rings. The fourth-order valence-corrected chi connectivity index (χ4v) is 5.43. The molecule has 1 amide bonds. The van der Waals surface area contributed by atoms with Crippen LogP contribution in [0.1, 0.15) is 43.0 Å². The molecule has 0 radical (unpaired) electrons. The van der Waals surface area contributed by atoms with E-state index in [4.69, 9.17) is 9.15 Å². The monoisotopic (exact) mass is 399 g/mol. The van der Waals surface area contributed by atoms with Crippen molar-refractivity contribution in [2.75, 3.05) is 6.61 Å². The van der Waals surface area contributed by atoms with Crippen LogP contribution in [0, 0.1) is 5.92 Å². The molecule has 28 heavy (non-hydrogen) atoms. The molecule has 6 nitrogen and oxygen atoms in total. The average Bonchev–Trinajstić information content (AvgIpc) is 3.05. The second kappa shape index (κ2) is 7.83. The van der Waals surface area contributed by atoms with Crippen molar-refractivity contribution in [2.24, 2.45) is 5.92 Å². The van der Waals surface area contributed by atoms with Gasteiger partial charge in [0.1, 0.15) is 11.1 Å². The molecule has 2 atom stereocenters. The number of carbonyl (C=O) groups excluding carboxylic acids is 2. The fourth-order valence-electron chi connectivity index (χ4n) is 3.89. The van der Waals surface area contributed by atoms with Gasteiger partial charge in [-0.2, -0.15) is 0 Å². The normalized spacial score (nSPS) is 21.5. The van der Waals surface area contributed by atoms with Crippen LogP contribution in [-0.2, 0) is 9.53 Å². The molecule has 1 aliphatic carbocycles. The third kappa shape index (κ3) is 3.46. The van der Waals surface area contributed by atoms with E-state index in [0.29, 0.717) is 21.6 Å². The van der Waals surface area contributed by atoms with Gasteiger partial charge in [0, 0.05) is 16.6 Å².